The number of ether oxygens (including phenoxy) is 3. The number of amides is 1. The van der Waals surface area contributed by atoms with Crippen LogP contribution in [0.1, 0.15) is 22.3 Å². The number of aliphatic imine (C=N–C) groups is 1. The minimum atomic E-state index is -0.0720. The molecular weight excluding hydrogens is 442 g/mol. The van der Waals surface area contributed by atoms with Gasteiger partial charge in [-0.2, -0.15) is 0 Å². The van der Waals surface area contributed by atoms with Crippen molar-refractivity contribution in [2.24, 2.45) is 10.7 Å². The van der Waals surface area contributed by atoms with Crippen molar-refractivity contribution < 1.29 is 19.0 Å². The van der Waals surface area contributed by atoms with E-state index in [1.165, 1.54) is 0 Å². The minimum absolute atomic E-state index is 0.0700. The summed E-state index contributed by atoms with van der Waals surface area (Å²) in [7, 11) is 3.23. The van der Waals surface area contributed by atoms with Crippen molar-refractivity contribution in [3.63, 3.8) is 0 Å². The van der Waals surface area contributed by atoms with Gasteiger partial charge >= 0.3 is 0 Å². The van der Waals surface area contributed by atoms with Crippen LogP contribution in [0.3, 0.4) is 0 Å². The second kappa shape index (κ2) is 11.2. The van der Waals surface area contributed by atoms with Crippen molar-refractivity contribution >= 4 is 17.8 Å². The zero-order valence-corrected chi connectivity index (χ0v) is 19.9. The largest absolute Gasteiger partial charge is 0.497 e. The van der Waals surface area contributed by atoms with Crippen molar-refractivity contribution in [3.8, 4) is 17.2 Å². The van der Waals surface area contributed by atoms with Crippen LogP contribution in [-0.2, 0) is 6.61 Å². The predicted octanol–water partition coefficient (Wildman–Crippen LogP) is 4.74. The van der Waals surface area contributed by atoms with Gasteiger partial charge in [0.2, 0.25) is 0 Å². The number of methoxy groups -OCH3 is 2. The van der Waals surface area contributed by atoms with Gasteiger partial charge in [-0.25, -0.2) is 0 Å². The van der Waals surface area contributed by atoms with Gasteiger partial charge < -0.3 is 24.8 Å². The Kier molecular flexibility index (Phi) is 7.67. The van der Waals surface area contributed by atoms with E-state index in [0.29, 0.717) is 42.3 Å². The van der Waals surface area contributed by atoms with E-state index >= 15 is 0 Å². The molecule has 1 amide bonds. The predicted molar refractivity (Wildman–Crippen MR) is 137 cm³/mol. The third kappa shape index (κ3) is 5.63. The van der Waals surface area contributed by atoms with Gasteiger partial charge in [0.1, 0.15) is 12.4 Å². The van der Waals surface area contributed by atoms with Gasteiger partial charge in [0.25, 0.3) is 5.91 Å². The molecular formula is C28H29N3O4. The molecule has 1 unspecified atom stereocenters. The van der Waals surface area contributed by atoms with E-state index in [0.717, 1.165) is 16.9 Å². The first-order chi connectivity index (χ1) is 17.1. The third-order valence-corrected chi connectivity index (χ3v) is 5.86. The average Bonchev–Trinajstić information content (AvgIpc) is 3.30. The Morgan fingerprint density at radius 1 is 1.00 bits per heavy atom. The zero-order chi connectivity index (χ0) is 24.6. The molecule has 3 aromatic rings. The molecule has 0 saturated carbocycles. The molecule has 2 aliphatic heterocycles. The quantitative estimate of drug-likeness (QED) is 0.581. The highest BCUT2D eigenvalue weighted by molar-refractivity contribution is 6.03. The van der Waals surface area contributed by atoms with Crippen LogP contribution in [0.4, 0.5) is 5.69 Å². The first kappa shape index (κ1) is 23.9. The second-order valence-electron chi connectivity index (χ2n) is 8.12. The molecule has 1 atom stereocenters. The molecule has 0 radical (unpaired) electrons. The van der Waals surface area contributed by atoms with Crippen molar-refractivity contribution in [1.29, 1.82) is 0 Å². The van der Waals surface area contributed by atoms with Crippen LogP contribution in [0.25, 0.3) is 0 Å². The van der Waals surface area contributed by atoms with Crippen molar-refractivity contribution in [1.82, 2.24) is 4.90 Å². The van der Waals surface area contributed by atoms with Gasteiger partial charge in [0.15, 0.2) is 11.5 Å². The highest BCUT2D eigenvalue weighted by Crippen LogP contribution is 2.38. The molecule has 5 rings (SSSR count). The molecule has 0 spiro atoms. The Morgan fingerprint density at radius 3 is 2.34 bits per heavy atom. The maximum absolute atomic E-state index is 13.0. The number of carbonyl (C=O) groups excluding carboxylic acids is 1. The number of nitrogens with two attached hydrogens (primary N) is 1. The summed E-state index contributed by atoms with van der Waals surface area (Å²) >= 11 is 0. The number of hydrogen-bond acceptors (Lipinski definition) is 6. The van der Waals surface area contributed by atoms with Crippen LogP contribution in [0.15, 0.2) is 89.6 Å². The Hall–Kier alpha value is -4.26. The number of benzene rings is 3. The fourth-order valence-electron chi connectivity index (χ4n) is 3.97. The molecule has 7 nitrogen and oxygen atoms in total. The van der Waals surface area contributed by atoms with E-state index in [9.17, 15) is 4.79 Å². The summed E-state index contributed by atoms with van der Waals surface area (Å²) in [4.78, 5) is 19.4. The number of nitrogens with zero attached hydrogens (tertiary/aromatic N) is 2. The Balaban J connectivity index is 0.000000308. The summed E-state index contributed by atoms with van der Waals surface area (Å²) in [6.45, 7) is 0.938. The van der Waals surface area contributed by atoms with Crippen LogP contribution >= 0.6 is 0 Å². The molecule has 0 aliphatic carbocycles. The van der Waals surface area contributed by atoms with E-state index in [4.69, 9.17) is 19.9 Å². The Morgan fingerprint density at radius 2 is 1.71 bits per heavy atom. The third-order valence-electron chi connectivity index (χ3n) is 5.86. The van der Waals surface area contributed by atoms with Crippen LogP contribution in [0, 0.1) is 0 Å². The number of rotatable bonds is 5. The fourth-order valence-corrected chi connectivity index (χ4v) is 3.97. The molecule has 0 bridgehead atoms. The van der Waals surface area contributed by atoms with Crippen molar-refractivity contribution in [3.05, 3.63) is 95.7 Å². The van der Waals surface area contributed by atoms with E-state index < -0.39 is 0 Å². The topological polar surface area (TPSA) is 86.4 Å². The van der Waals surface area contributed by atoms with Gasteiger partial charge in [-0.05, 0) is 42.0 Å². The first-order valence-electron chi connectivity index (χ1n) is 11.4. The van der Waals surface area contributed by atoms with E-state index in [2.05, 4.69) is 4.99 Å². The SMILES string of the molecule is COc1cc2c(cc1OCc1ccccc1)N=CC1C/C(=C\N)CN1C2=O.COc1ccccc1. The standard InChI is InChI=1S/C21H21N3O3.C7H8O/c1-26-19-8-17-18(9-20(19)27-13-14-5-3-2-4-6-14)23-11-16-7-15(10-22)12-24(16)21(17)25;1-8-7-5-3-2-4-6-7/h2-6,8-11,16H,7,12-13,22H2,1H3;2-6H,1H3/b15-10+;. The Bertz CT molecular complexity index is 1210. The van der Waals surface area contributed by atoms with Crippen LogP contribution < -0.4 is 19.9 Å². The van der Waals surface area contributed by atoms with E-state index in [1.807, 2.05) is 66.9 Å². The molecule has 2 aliphatic rings. The lowest BCUT2D eigenvalue weighted by molar-refractivity contribution is 0.0777. The smallest absolute Gasteiger partial charge is 0.257 e. The summed E-state index contributed by atoms with van der Waals surface area (Å²) in [6.07, 6.45) is 4.11. The monoisotopic (exact) mass is 471 g/mol. The first-order valence-corrected chi connectivity index (χ1v) is 11.4. The van der Waals surface area contributed by atoms with Crippen molar-refractivity contribution in [2.75, 3.05) is 20.8 Å². The van der Waals surface area contributed by atoms with Gasteiger partial charge in [-0.3, -0.25) is 9.79 Å². The lowest BCUT2D eigenvalue weighted by atomic mass is 10.1. The Labute approximate surface area is 205 Å². The van der Waals surface area contributed by atoms with Crippen LogP contribution in [0.5, 0.6) is 17.2 Å². The maximum atomic E-state index is 13.0. The summed E-state index contributed by atoms with van der Waals surface area (Å²) in [5, 5.41) is 0. The van der Waals surface area contributed by atoms with Crippen LogP contribution in [-0.4, -0.2) is 43.8 Å². The summed E-state index contributed by atoms with van der Waals surface area (Å²) in [5.41, 5.74) is 8.83. The number of para-hydroxylation sites is 1. The average molecular weight is 472 g/mol. The molecule has 35 heavy (non-hydrogen) atoms. The van der Waals surface area contributed by atoms with E-state index in [1.54, 1.807) is 37.5 Å². The summed E-state index contributed by atoms with van der Waals surface area (Å²) in [6, 6.07) is 23.0. The second-order valence-corrected chi connectivity index (χ2v) is 8.12. The summed E-state index contributed by atoms with van der Waals surface area (Å²) in [5.74, 6) is 1.92. The summed E-state index contributed by atoms with van der Waals surface area (Å²) < 4.78 is 16.3. The highest BCUT2D eigenvalue weighted by atomic mass is 16.5. The number of hydrogen-bond donors (Lipinski definition) is 1. The molecule has 2 N–H and O–H groups in total. The minimum Gasteiger partial charge on any atom is -0.497 e. The molecule has 7 heteroatoms. The molecule has 1 saturated heterocycles. The lowest BCUT2D eigenvalue weighted by Gasteiger charge is -2.20. The zero-order valence-electron chi connectivity index (χ0n) is 19.9. The normalized spacial score (nSPS) is 17.1. The maximum Gasteiger partial charge on any atom is 0.257 e. The fraction of sp³-hybridized carbons (Fsp3) is 0.214. The van der Waals surface area contributed by atoms with Gasteiger partial charge in [0, 0.05) is 18.8 Å². The van der Waals surface area contributed by atoms with Crippen molar-refractivity contribution in [2.45, 2.75) is 19.1 Å². The molecule has 2 heterocycles. The number of carbonyl (C=O) groups is 1. The highest BCUT2D eigenvalue weighted by Gasteiger charge is 2.34. The molecule has 180 valence electrons. The van der Waals surface area contributed by atoms with Gasteiger partial charge in [-0.1, -0.05) is 48.5 Å². The van der Waals surface area contributed by atoms with Gasteiger partial charge in [0.05, 0.1) is 31.5 Å². The molecule has 0 aromatic heterocycles. The number of fused-ring (bicyclic) bond motifs is 2. The van der Waals surface area contributed by atoms with Crippen LogP contribution in [0.2, 0.25) is 0 Å². The van der Waals surface area contributed by atoms with Gasteiger partial charge in [-0.15, -0.1) is 0 Å². The molecule has 3 aromatic carbocycles. The molecule has 1 fully saturated rings. The lowest BCUT2D eigenvalue weighted by Crippen LogP contribution is -2.35. The van der Waals surface area contributed by atoms with E-state index in [-0.39, 0.29) is 11.9 Å².